The Kier molecular flexibility index (Phi) is 4.68. The molecule has 0 fully saturated rings. The number of nitrogens with zero attached hydrogens (tertiary/aromatic N) is 3. The van der Waals surface area contributed by atoms with Crippen LogP contribution in [0, 0.1) is 0 Å². The first-order chi connectivity index (χ1) is 18.6. The Hall–Kier alpha value is -5.30. The molecule has 1 aliphatic rings. The predicted octanol–water partition coefficient (Wildman–Crippen LogP) is 5.68. The summed E-state index contributed by atoms with van der Waals surface area (Å²) in [5.41, 5.74) is 3.12. The number of ketones is 1. The molecule has 0 bridgehead atoms. The number of rotatable bonds is 4. The minimum absolute atomic E-state index is 0.0973. The molecule has 0 saturated carbocycles. The van der Waals surface area contributed by atoms with Gasteiger partial charge in [0.1, 0.15) is 11.4 Å². The summed E-state index contributed by atoms with van der Waals surface area (Å²) in [6, 6.07) is 26.9. The summed E-state index contributed by atoms with van der Waals surface area (Å²) in [5, 5.41) is 1.73. The molecular formula is C31H19N3O4. The molecule has 38 heavy (non-hydrogen) atoms. The van der Waals surface area contributed by atoms with Crippen LogP contribution in [0.5, 0.6) is 5.75 Å². The van der Waals surface area contributed by atoms with E-state index in [0.29, 0.717) is 33.6 Å². The number of methoxy groups -OCH3 is 1. The summed E-state index contributed by atoms with van der Waals surface area (Å²) in [6.45, 7) is 0. The molecule has 4 heterocycles. The molecule has 0 radical (unpaired) electrons. The van der Waals surface area contributed by atoms with Crippen molar-refractivity contribution in [2.75, 3.05) is 12.0 Å². The molecule has 7 heteroatoms. The van der Waals surface area contributed by atoms with Crippen molar-refractivity contribution in [2.24, 2.45) is 0 Å². The fraction of sp³-hybridized carbons (Fsp3) is 0.0323. The second kappa shape index (κ2) is 8.11. The van der Waals surface area contributed by atoms with E-state index in [4.69, 9.17) is 4.74 Å². The van der Waals surface area contributed by atoms with Crippen LogP contribution in [0.1, 0.15) is 36.8 Å². The first-order valence-electron chi connectivity index (χ1n) is 12.1. The maximum atomic E-state index is 14.1. The second-order valence-corrected chi connectivity index (χ2v) is 9.07. The lowest BCUT2D eigenvalue weighted by atomic mass is 10.0. The van der Waals surface area contributed by atoms with E-state index >= 15 is 0 Å². The zero-order valence-corrected chi connectivity index (χ0v) is 20.2. The van der Waals surface area contributed by atoms with Crippen LogP contribution < -0.4 is 9.64 Å². The molecule has 182 valence electrons. The van der Waals surface area contributed by atoms with Gasteiger partial charge in [0, 0.05) is 22.5 Å². The van der Waals surface area contributed by atoms with Crippen molar-refractivity contribution < 1.29 is 19.1 Å². The predicted molar refractivity (Wildman–Crippen MR) is 144 cm³/mol. The van der Waals surface area contributed by atoms with Crippen molar-refractivity contribution in [3.8, 4) is 5.75 Å². The molecule has 7 nitrogen and oxygen atoms in total. The van der Waals surface area contributed by atoms with E-state index < -0.39 is 11.8 Å². The summed E-state index contributed by atoms with van der Waals surface area (Å²) < 4.78 is 6.97. The number of pyridine rings is 2. The number of anilines is 1. The molecular weight excluding hydrogens is 478 g/mol. The number of imide groups is 1. The van der Waals surface area contributed by atoms with Gasteiger partial charge < -0.3 is 9.14 Å². The van der Waals surface area contributed by atoms with Crippen molar-refractivity contribution in [2.45, 2.75) is 0 Å². The second-order valence-electron chi connectivity index (χ2n) is 9.07. The maximum Gasteiger partial charge on any atom is 0.268 e. The molecule has 0 N–H and O–H groups in total. The van der Waals surface area contributed by atoms with Crippen molar-refractivity contribution in [3.05, 3.63) is 120 Å². The SMILES string of the molecule is COc1ccc(N2C(=O)c3c(c4ccc5ccc6cccnc6c5n4c3C(=O)c3ccccc3)C2=O)cc1. The van der Waals surface area contributed by atoms with Gasteiger partial charge in [-0.05, 0) is 36.4 Å². The minimum atomic E-state index is -0.542. The molecule has 0 saturated heterocycles. The van der Waals surface area contributed by atoms with E-state index in [1.165, 1.54) is 0 Å². The average molecular weight is 498 g/mol. The minimum Gasteiger partial charge on any atom is -0.497 e. The highest BCUT2D eigenvalue weighted by Gasteiger charge is 2.44. The summed E-state index contributed by atoms with van der Waals surface area (Å²) >= 11 is 0. The highest BCUT2D eigenvalue weighted by atomic mass is 16.5. The van der Waals surface area contributed by atoms with Crippen molar-refractivity contribution >= 4 is 50.6 Å². The van der Waals surface area contributed by atoms with Gasteiger partial charge in [-0.25, -0.2) is 4.90 Å². The van der Waals surface area contributed by atoms with Gasteiger partial charge in [-0.3, -0.25) is 19.4 Å². The summed E-state index contributed by atoms with van der Waals surface area (Å²) in [4.78, 5) is 47.7. The van der Waals surface area contributed by atoms with Crippen molar-refractivity contribution in [3.63, 3.8) is 0 Å². The van der Waals surface area contributed by atoms with Gasteiger partial charge in [-0.1, -0.05) is 54.6 Å². The average Bonchev–Trinajstić information content (AvgIpc) is 3.45. The number of benzene rings is 3. The van der Waals surface area contributed by atoms with Gasteiger partial charge in [0.2, 0.25) is 5.78 Å². The van der Waals surface area contributed by atoms with Gasteiger partial charge in [0.05, 0.1) is 40.5 Å². The van der Waals surface area contributed by atoms with Crippen LogP contribution >= 0.6 is 0 Å². The van der Waals surface area contributed by atoms with Gasteiger partial charge in [-0.15, -0.1) is 0 Å². The number of carbonyl (C=O) groups excluding carboxylic acids is 3. The fourth-order valence-corrected chi connectivity index (χ4v) is 5.31. The molecule has 2 amide bonds. The van der Waals surface area contributed by atoms with Gasteiger partial charge >= 0.3 is 0 Å². The zero-order valence-electron chi connectivity index (χ0n) is 20.2. The van der Waals surface area contributed by atoms with Crippen molar-refractivity contribution in [1.82, 2.24) is 9.38 Å². The molecule has 0 spiro atoms. The van der Waals surface area contributed by atoms with Gasteiger partial charge in [0.25, 0.3) is 11.8 Å². The molecule has 0 unspecified atom stereocenters. The van der Waals surface area contributed by atoms with Crippen LogP contribution in [0.2, 0.25) is 0 Å². The van der Waals surface area contributed by atoms with Crippen LogP contribution in [0.3, 0.4) is 0 Å². The molecule has 3 aromatic carbocycles. The third-order valence-electron chi connectivity index (χ3n) is 7.05. The number of hydrogen-bond acceptors (Lipinski definition) is 5. The Morgan fingerprint density at radius 3 is 2.24 bits per heavy atom. The maximum absolute atomic E-state index is 14.1. The molecule has 3 aromatic heterocycles. The summed E-state index contributed by atoms with van der Waals surface area (Å²) in [6.07, 6.45) is 1.69. The smallest absolute Gasteiger partial charge is 0.268 e. The van der Waals surface area contributed by atoms with Crippen LogP contribution in [0.4, 0.5) is 5.69 Å². The third-order valence-corrected chi connectivity index (χ3v) is 7.05. The lowest BCUT2D eigenvalue weighted by molar-refractivity contribution is 0.0919. The van der Waals surface area contributed by atoms with E-state index in [2.05, 4.69) is 4.98 Å². The number of amides is 2. The Morgan fingerprint density at radius 2 is 1.47 bits per heavy atom. The number of ether oxygens (including phenoxy) is 1. The lowest BCUT2D eigenvalue weighted by Crippen LogP contribution is -2.30. The number of hydrogen-bond donors (Lipinski definition) is 0. The zero-order chi connectivity index (χ0) is 26.0. The quantitative estimate of drug-likeness (QED) is 0.178. The van der Waals surface area contributed by atoms with Crippen LogP contribution in [0.15, 0.2) is 97.2 Å². The van der Waals surface area contributed by atoms with Gasteiger partial charge in [0.15, 0.2) is 0 Å². The van der Waals surface area contributed by atoms with E-state index in [9.17, 15) is 14.4 Å². The normalized spacial score (nSPS) is 13.0. The fourth-order valence-electron chi connectivity index (χ4n) is 5.31. The topological polar surface area (TPSA) is 81.0 Å². The van der Waals surface area contributed by atoms with E-state index in [0.717, 1.165) is 15.7 Å². The molecule has 0 atom stereocenters. The summed E-state index contributed by atoms with van der Waals surface area (Å²) in [5.74, 6) is -0.765. The molecule has 0 aliphatic carbocycles. The number of carbonyl (C=O) groups is 3. The first kappa shape index (κ1) is 21.9. The largest absolute Gasteiger partial charge is 0.497 e. The Balaban J connectivity index is 1.58. The molecule has 7 rings (SSSR count). The lowest BCUT2D eigenvalue weighted by Gasteiger charge is -2.17. The van der Waals surface area contributed by atoms with Crippen LogP contribution in [-0.4, -0.2) is 34.1 Å². The highest BCUT2D eigenvalue weighted by molar-refractivity contribution is 6.39. The van der Waals surface area contributed by atoms with Crippen molar-refractivity contribution in [1.29, 1.82) is 0 Å². The number of fused-ring (bicyclic) bond motifs is 7. The third kappa shape index (κ3) is 2.96. The standard InChI is InChI=1S/C31H19N3O4/c1-38-22-14-12-21(13-15-22)33-30(36)24-23-16-11-19-10-9-18-8-5-17-32-26(18)27(19)34(23)28(25(24)31(33)37)29(35)20-6-3-2-4-7-20/h2-17H,1H3. The Morgan fingerprint density at radius 1 is 0.763 bits per heavy atom. The van der Waals surface area contributed by atoms with Crippen LogP contribution in [0.25, 0.3) is 27.3 Å². The summed E-state index contributed by atoms with van der Waals surface area (Å²) in [7, 11) is 1.55. The van der Waals surface area contributed by atoms with E-state index in [1.807, 2.05) is 36.4 Å². The number of aromatic nitrogens is 2. The highest BCUT2D eigenvalue weighted by Crippen LogP contribution is 2.39. The Bertz CT molecular complexity index is 1960. The van der Waals surface area contributed by atoms with Gasteiger partial charge in [-0.2, -0.15) is 0 Å². The van der Waals surface area contributed by atoms with E-state index in [-0.39, 0.29) is 22.6 Å². The van der Waals surface area contributed by atoms with Crippen LogP contribution in [-0.2, 0) is 0 Å². The van der Waals surface area contributed by atoms with E-state index in [1.54, 1.807) is 72.3 Å². The monoisotopic (exact) mass is 497 g/mol. The Labute approximate surface area is 216 Å². The first-order valence-corrected chi connectivity index (χ1v) is 12.1. The molecule has 6 aromatic rings. The molecule has 1 aliphatic heterocycles.